The Hall–Kier alpha value is -3.29. The molecule has 26 heavy (non-hydrogen) atoms. The monoisotopic (exact) mass is 360 g/mol. The van der Waals surface area contributed by atoms with Crippen molar-refractivity contribution < 1.29 is 17.9 Å². The number of aromatic nitrogens is 2. The third kappa shape index (κ3) is 4.02. The molecule has 5 nitrogen and oxygen atoms in total. The molecule has 134 valence electrons. The van der Waals surface area contributed by atoms with E-state index >= 15 is 0 Å². The van der Waals surface area contributed by atoms with Crippen molar-refractivity contribution in [1.82, 2.24) is 9.66 Å². The second-order valence-electron chi connectivity index (χ2n) is 5.56. The van der Waals surface area contributed by atoms with Crippen LogP contribution in [0.2, 0.25) is 0 Å². The maximum absolute atomic E-state index is 13.2. The van der Waals surface area contributed by atoms with Gasteiger partial charge in [0.05, 0.1) is 18.1 Å². The number of benzene rings is 2. The molecule has 1 heterocycles. The molecule has 2 N–H and O–H groups in total. The number of imidazole rings is 1. The minimum Gasteiger partial charge on any atom is -0.489 e. The summed E-state index contributed by atoms with van der Waals surface area (Å²) in [6.07, 6.45) is 3.29. The Labute approximate surface area is 147 Å². The lowest BCUT2D eigenvalue weighted by molar-refractivity contribution is 0.299. The summed E-state index contributed by atoms with van der Waals surface area (Å²) in [4.78, 5) is 4.04. The molecule has 3 aromatic rings. The SMILES string of the molecule is Cc1cn(N=Cc2cccc(COc3cc(F)c(F)c(F)c3)c2)c(N)n1. The number of nitrogens with zero attached hydrogens (tertiary/aromatic N) is 3. The van der Waals surface area contributed by atoms with Crippen LogP contribution in [0.3, 0.4) is 0 Å². The van der Waals surface area contributed by atoms with E-state index in [0.717, 1.165) is 29.0 Å². The highest BCUT2D eigenvalue weighted by atomic mass is 19.2. The van der Waals surface area contributed by atoms with Gasteiger partial charge in [-0.3, -0.25) is 0 Å². The molecule has 0 radical (unpaired) electrons. The molecule has 0 aliphatic carbocycles. The molecule has 1 aromatic heterocycles. The van der Waals surface area contributed by atoms with Gasteiger partial charge in [-0.1, -0.05) is 18.2 Å². The van der Waals surface area contributed by atoms with Gasteiger partial charge in [0.2, 0.25) is 5.95 Å². The van der Waals surface area contributed by atoms with Crippen molar-refractivity contribution in [3.05, 3.63) is 76.9 Å². The number of ether oxygens (including phenoxy) is 1. The zero-order valence-electron chi connectivity index (χ0n) is 13.8. The number of nitrogens with two attached hydrogens (primary N) is 1. The fraction of sp³-hybridized carbons (Fsp3) is 0.111. The normalized spacial score (nSPS) is 11.2. The van der Waals surface area contributed by atoms with Crippen LogP contribution in [0, 0.1) is 24.4 Å². The fourth-order valence-corrected chi connectivity index (χ4v) is 2.27. The number of anilines is 1. The predicted octanol–water partition coefficient (Wildman–Crippen LogP) is 3.65. The van der Waals surface area contributed by atoms with Crippen LogP contribution in [0.25, 0.3) is 0 Å². The molecule has 0 amide bonds. The highest BCUT2D eigenvalue weighted by molar-refractivity contribution is 5.79. The van der Waals surface area contributed by atoms with Gasteiger partial charge < -0.3 is 10.5 Å². The summed E-state index contributed by atoms with van der Waals surface area (Å²) in [6.45, 7) is 1.86. The lowest BCUT2D eigenvalue weighted by Gasteiger charge is -2.08. The number of hydrogen-bond donors (Lipinski definition) is 1. The first kappa shape index (κ1) is 17.5. The largest absolute Gasteiger partial charge is 0.489 e. The minimum absolute atomic E-state index is 0.0541. The van der Waals surface area contributed by atoms with E-state index in [2.05, 4.69) is 10.1 Å². The first-order valence-electron chi connectivity index (χ1n) is 7.64. The summed E-state index contributed by atoms with van der Waals surface area (Å²) in [5.74, 6) is -3.94. The van der Waals surface area contributed by atoms with Crippen molar-refractivity contribution in [1.29, 1.82) is 0 Å². The van der Waals surface area contributed by atoms with Gasteiger partial charge in [-0.15, -0.1) is 0 Å². The van der Waals surface area contributed by atoms with Crippen LogP contribution in [-0.4, -0.2) is 15.9 Å². The summed E-state index contributed by atoms with van der Waals surface area (Å²) in [5.41, 5.74) is 7.98. The maximum atomic E-state index is 13.2. The van der Waals surface area contributed by atoms with Crippen LogP contribution in [0.5, 0.6) is 5.75 Å². The van der Waals surface area contributed by atoms with Crippen LogP contribution in [0.4, 0.5) is 19.1 Å². The van der Waals surface area contributed by atoms with Gasteiger partial charge in [-0.2, -0.15) is 5.10 Å². The summed E-state index contributed by atoms with van der Waals surface area (Å²) >= 11 is 0. The standard InChI is InChI=1S/C18H15F3N4O/c1-11-9-25(18(22)24-11)23-8-12-3-2-4-13(5-12)10-26-14-6-15(19)17(21)16(20)7-14/h2-9H,10H2,1H3,(H2,22,24). The van der Waals surface area contributed by atoms with Gasteiger partial charge in [0, 0.05) is 12.1 Å². The second-order valence-corrected chi connectivity index (χ2v) is 5.56. The zero-order chi connectivity index (χ0) is 18.7. The lowest BCUT2D eigenvalue weighted by atomic mass is 10.1. The number of nitrogen functional groups attached to an aromatic ring is 1. The Kier molecular flexibility index (Phi) is 4.92. The number of rotatable bonds is 5. The maximum Gasteiger partial charge on any atom is 0.221 e. The molecule has 0 atom stereocenters. The lowest BCUT2D eigenvalue weighted by Crippen LogP contribution is -2.00. The Morgan fingerprint density at radius 2 is 1.92 bits per heavy atom. The molecular weight excluding hydrogens is 345 g/mol. The van der Waals surface area contributed by atoms with E-state index in [-0.39, 0.29) is 18.3 Å². The Balaban J connectivity index is 1.70. The fourth-order valence-electron chi connectivity index (χ4n) is 2.27. The van der Waals surface area contributed by atoms with Gasteiger partial charge in [-0.25, -0.2) is 22.8 Å². The molecule has 0 fully saturated rings. The van der Waals surface area contributed by atoms with Crippen LogP contribution < -0.4 is 10.5 Å². The Bertz CT molecular complexity index is 946. The summed E-state index contributed by atoms with van der Waals surface area (Å²) in [6, 6.07) is 8.78. The van der Waals surface area contributed by atoms with E-state index in [1.165, 1.54) is 4.68 Å². The molecule has 3 rings (SSSR count). The first-order valence-corrected chi connectivity index (χ1v) is 7.64. The second kappa shape index (κ2) is 7.30. The van der Waals surface area contributed by atoms with Gasteiger partial charge >= 0.3 is 0 Å². The van der Waals surface area contributed by atoms with E-state index in [1.54, 1.807) is 30.6 Å². The van der Waals surface area contributed by atoms with Crippen molar-refractivity contribution in [3.63, 3.8) is 0 Å². The molecule has 0 saturated heterocycles. The van der Waals surface area contributed by atoms with Crippen molar-refractivity contribution in [2.75, 3.05) is 5.73 Å². The van der Waals surface area contributed by atoms with E-state index in [0.29, 0.717) is 0 Å². The van der Waals surface area contributed by atoms with Gasteiger partial charge in [0.15, 0.2) is 17.5 Å². The van der Waals surface area contributed by atoms with Crippen LogP contribution in [0.1, 0.15) is 16.8 Å². The summed E-state index contributed by atoms with van der Waals surface area (Å²) in [5, 5.41) is 4.21. The van der Waals surface area contributed by atoms with E-state index < -0.39 is 17.5 Å². The third-order valence-electron chi connectivity index (χ3n) is 3.48. The van der Waals surface area contributed by atoms with Gasteiger partial charge in [0.1, 0.15) is 12.4 Å². The highest BCUT2D eigenvalue weighted by Gasteiger charge is 2.11. The number of halogens is 3. The Morgan fingerprint density at radius 3 is 2.58 bits per heavy atom. The summed E-state index contributed by atoms with van der Waals surface area (Å²) in [7, 11) is 0. The number of hydrogen-bond acceptors (Lipinski definition) is 4. The zero-order valence-corrected chi connectivity index (χ0v) is 13.8. The van der Waals surface area contributed by atoms with Crippen molar-refractivity contribution >= 4 is 12.2 Å². The molecule has 0 aliphatic rings. The smallest absolute Gasteiger partial charge is 0.221 e. The predicted molar refractivity (Wildman–Crippen MR) is 91.5 cm³/mol. The Morgan fingerprint density at radius 1 is 1.19 bits per heavy atom. The van der Waals surface area contributed by atoms with E-state index in [4.69, 9.17) is 10.5 Å². The van der Waals surface area contributed by atoms with Crippen LogP contribution in [-0.2, 0) is 6.61 Å². The van der Waals surface area contributed by atoms with Crippen LogP contribution >= 0.6 is 0 Å². The van der Waals surface area contributed by atoms with Crippen LogP contribution in [0.15, 0.2) is 47.7 Å². The molecule has 0 spiro atoms. The molecule has 0 saturated carbocycles. The first-order chi connectivity index (χ1) is 12.4. The third-order valence-corrected chi connectivity index (χ3v) is 3.48. The highest BCUT2D eigenvalue weighted by Crippen LogP contribution is 2.20. The van der Waals surface area contributed by atoms with Crippen molar-refractivity contribution in [2.45, 2.75) is 13.5 Å². The summed E-state index contributed by atoms with van der Waals surface area (Å²) < 4.78 is 46.1. The van der Waals surface area contributed by atoms with Gasteiger partial charge in [-0.05, 0) is 24.1 Å². The topological polar surface area (TPSA) is 65.4 Å². The molecule has 0 unspecified atom stereocenters. The van der Waals surface area contributed by atoms with Crippen molar-refractivity contribution in [3.8, 4) is 5.75 Å². The van der Waals surface area contributed by atoms with E-state index in [1.807, 2.05) is 13.0 Å². The van der Waals surface area contributed by atoms with Gasteiger partial charge in [0.25, 0.3) is 0 Å². The molecular formula is C18H15F3N4O. The molecule has 0 aliphatic heterocycles. The molecule has 2 aromatic carbocycles. The quantitative estimate of drug-likeness (QED) is 0.558. The minimum atomic E-state index is -1.52. The van der Waals surface area contributed by atoms with E-state index in [9.17, 15) is 13.2 Å². The molecule has 0 bridgehead atoms. The van der Waals surface area contributed by atoms with Crippen molar-refractivity contribution in [2.24, 2.45) is 5.10 Å². The average molecular weight is 360 g/mol. The molecule has 8 heteroatoms. The average Bonchev–Trinajstić information content (AvgIpc) is 2.93. The number of aryl methyl sites for hydroxylation is 1.